The van der Waals surface area contributed by atoms with Crippen LogP contribution in [-0.2, 0) is 20.7 Å². The number of epoxide rings is 1. The molecule has 2 aliphatic heterocycles. The SMILES string of the molecule is O=C(CCc1ccccc1)N1CC[C@@H]2O[C@@H]2C1=O. The molecule has 2 heterocycles. The van der Waals surface area contributed by atoms with E-state index in [0.29, 0.717) is 19.4 Å². The van der Waals surface area contributed by atoms with E-state index < -0.39 is 0 Å². The van der Waals surface area contributed by atoms with Gasteiger partial charge in [-0.2, -0.15) is 0 Å². The molecule has 4 heteroatoms. The third-order valence-corrected chi connectivity index (χ3v) is 3.50. The highest BCUT2D eigenvalue weighted by Crippen LogP contribution is 2.32. The topological polar surface area (TPSA) is 49.9 Å². The van der Waals surface area contributed by atoms with Gasteiger partial charge in [-0.3, -0.25) is 14.5 Å². The Morgan fingerprint density at radius 1 is 1.33 bits per heavy atom. The van der Waals surface area contributed by atoms with Crippen LogP contribution < -0.4 is 0 Å². The van der Waals surface area contributed by atoms with E-state index in [2.05, 4.69) is 0 Å². The molecule has 2 saturated heterocycles. The zero-order valence-electron chi connectivity index (χ0n) is 10.0. The molecule has 4 nitrogen and oxygen atoms in total. The van der Waals surface area contributed by atoms with Crippen molar-refractivity contribution < 1.29 is 14.3 Å². The molecule has 1 aromatic carbocycles. The van der Waals surface area contributed by atoms with Crippen LogP contribution >= 0.6 is 0 Å². The number of carbonyl (C=O) groups excluding carboxylic acids is 2. The Labute approximate surface area is 106 Å². The summed E-state index contributed by atoms with van der Waals surface area (Å²) in [7, 11) is 0. The number of carbonyl (C=O) groups is 2. The molecule has 0 unspecified atom stereocenters. The van der Waals surface area contributed by atoms with E-state index in [0.717, 1.165) is 12.0 Å². The van der Waals surface area contributed by atoms with E-state index in [1.807, 2.05) is 30.3 Å². The average Bonchev–Trinajstić information content (AvgIpc) is 3.18. The average molecular weight is 245 g/mol. The molecule has 0 saturated carbocycles. The van der Waals surface area contributed by atoms with Crippen molar-refractivity contribution in [3.63, 3.8) is 0 Å². The van der Waals surface area contributed by atoms with E-state index in [4.69, 9.17) is 4.74 Å². The fraction of sp³-hybridized carbons (Fsp3) is 0.429. The molecule has 2 atom stereocenters. The van der Waals surface area contributed by atoms with Crippen LogP contribution in [0.5, 0.6) is 0 Å². The predicted octanol–water partition coefficient (Wildman–Crippen LogP) is 1.15. The molecule has 0 radical (unpaired) electrons. The first-order valence-electron chi connectivity index (χ1n) is 6.29. The third kappa shape index (κ3) is 2.16. The minimum atomic E-state index is -0.334. The number of nitrogens with zero attached hydrogens (tertiary/aromatic N) is 1. The first kappa shape index (κ1) is 11.4. The number of imide groups is 1. The lowest BCUT2D eigenvalue weighted by Gasteiger charge is -2.22. The summed E-state index contributed by atoms with van der Waals surface area (Å²) in [5.41, 5.74) is 1.12. The van der Waals surface area contributed by atoms with Gasteiger partial charge in [-0.05, 0) is 18.4 Å². The summed E-state index contributed by atoms with van der Waals surface area (Å²) >= 11 is 0. The highest BCUT2D eigenvalue weighted by Gasteiger charge is 2.51. The summed E-state index contributed by atoms with van der Waals surface area (Å²) < 4.78 is 5.19. The second-order valence-electron chi connectivity index (χ2n) is 4.75. The van der Waals surface area contributed by atoms with Gasteiger partial charge in [-0.1, -0.05) is 30.3 Å². The van der Waals surface area contributed by atoms with E-state index in [-0.39, 0.29) is 24.0 Å². The Morgan fingerprint density at radius 2 is 2.11 bits per heavy atom. The first-order valence-corrected chi connectivity index (χ1v) is 6.29. The lowest BCUT2D eigenvalue weighted by Crippen LogP contribution is -2.44. The van der Waals surface area contributed by atoms with Gasteiger partial charge in [0.25, 0.3) is 5.91 Å². The molecule has 2 fully saturated rings. The van der Waals surface area contributed by atoms with Crippen molar-refractivity contribution in [1.82, 2.24) is 4.90 Å². The minimum Gasteiger partial charge on any atom is -0.359 e. The molecule has 0 spiro atoms. The predicted molar refractivity (Wildman–Crippen MR) is 64.8 cm³/mol. The molecule has 0 N–H and O–H groups in total. The van der Waals surface area contributed by atoms with E-state index in [9.17, 15) is 9.59 Å². The van der Waals surface area contributed by atoms with Crippen molar-refractivity contribution >= 4 is 11.8 Å². The lowest BCUT2D eigenvalue weighted by molar-refractivity contribution is -0.146. The Hall–Kier alpha value is -1.68. The molecule has 94 valence electrons. The van der Waals surface area contributed by atoms with E-state index >= 15 is 0 Å². The number of ether oxygens (including phenoxy) is 1. The van der Waals surface area contributed by atoms with Crippen LogP contribution in [0, 0.1) is 0 Å². The number of amides is 2. The van der Waals surface area contributed by atoms with Crippen LogP contribution in [0.3, 0.4) is 0 Å². The molecule has 3 rings (SSSR count). The number of likely N-dealkylation sites (tertiary alicyclic amines) is 1. The van der Waals surface area contributed by atoms with Gasteiger partial charge in [0.05, 0.1) is 6.10 Å². The molecule has 18 heavy (non-hydrogen) atoms. The van der Waals surface area contributed by atoms with Crippen molar-refractivity contribution in [2.24, 2.45) is 0 Å². The number of benzene rings is 1. The first-order chi connectivity index (χ1) is 8.75. The molecule has 1 aromatic rings. The standard InChI is InChI=1S/C14H15NO3/c16-12(7-6-10-4-2-1-3-5-10)15-9-8-11-13(18-11)14(15)17/h1-5,11,13H,6-9H2/t11-,13-/m0/s1. The second kappa shape index (κ2) is 4.53. The van der Waals surface area contributed by atoms with Crippen LogP contribution in [-0.4, -0.2) is 35.5 Å². The molecule has 0 aliphatic carbocycles. The van der Waals surface area contributed by atoms with Crippen LogP contribution in [0.25, 0.3) is 0 Å². The normalized spacial score (nSPS) is 25.8. The highest BCUT2D eigenvalue weighted by atomic mass is 16.6. The molecular formula is C14H15NO3. The Kier molecular flexibility index (Phi) is 2.88. The van der Waals surface area contributed by atoms with Crippen molar-refractivity contribution in [2.75, 3.05) is 6.54 Å². The van der Waals surface area contributed by atoms with Crippen molar-refractivity contribution in [3.05, 3.63) is 35.9 Å². The number of piperidine rings is 1. The zero-order valence-corrected chi connectivity index (χ0v) is 10.0. The maximum absolute atomic E-state index is 12.0. The van der Waals surface area contributed by atoms with Gasteiger partial charge in [0.2, 0.25) is 5.91 Å². The second-order valence-corrected chi connectivity index (χ2v) is 4.75. The summed E-state index contributed by atoms with van der Waals surface area (Å²) in [6.45, 7) is 0.508. The molecule has 0 aromatic heterocycles. The van der Waals surface area contributed by atoms with Gasteiger partial charge in [0.15, 0.2) is 6.10 Å². The number of hydrogen-bond donors (Lipinski definition) is 0. The van der Waals surface area contributed by atoms with Crippen molar-refractivity contribution in [1.29, 1.82) is 0 Å². The fourth-order valence-electron chi connectivity index (χ4n) is 2.38. The number of rotatable bonds is 3. The van der Waals surface area contributed by atoms with Gasteiger partial charge in [-0.25, -0.2) is 0 Å². The monoisotopic (exact) mass is 245 g/mol. The third-order valence-electron chi connectivity index (χ3n) is 3.50. The maximum atomic E-state index is 12.0. The summed E-state index contributed by atoms with van der Waals surface area (Å²) in [6, 6.07) is 9.84. The van der Waals surface area contributed by atoms with E-state index in [1.165, 1.54) is 4.90 Å². The van der Waals surface area contributed by atoms with Crippen LogP contribution in [0.1, 0.15) is 18.4 Å². The summed E-state index contributed by atoms with van der Waals surface area (Å²) in [4.78, 5) is 25.2. The highest BCUT2D eigenvalue weighted by molar-refractivity contribution is 5.99. The molecule has 2 amide bonds. The quantitative estimate of drug-likeness (QED) is 0.750. The summed E-state index contributed by atoms with van der Waals surface area (Å²) in [6.07, 6.45) is 1.59. The smallest absolute Gasteiger partial charge is 0.261 e. The van der Waals surface area contributed by atoms with E-state index in [1.54, 1.807) is 0 Å². The number of fused-ring (bicyclic) bond motifs is 1. The molecule has 0 bridgehead atoms. The maximum Gasteiger partial charge on any atom is 0.261 e. The number of aryl methyl sites for hydroxylation is 1. The molecular weight excluding hydrogens is 230 g/mol. The van der Waals surface area contributed by atoms with Crippen LogP contribution in [0.4, 0.5) is 0 Å². The zero-order chi connectivity index (χ0) is 12.5. The number of hydrogen-bond acceptors (Lipinski definition) is 3. The van der Waals surface area contributed by atoms with Gasteiger partial charge >= 0.3 is 0 Å². The Morgan fingerprint density at radius 3 is 2.89 bits per heavy atom. The summed E-state index contributed by atoms with van der Waals surface area (Å²) in [5.74, 6) is -0.234. The largest absolute Gasteiger partial charge is 0.359 e. The lowest BCUT2D eigenvalue weighted by atomic mass is 10.1. The van der Waals surface area contributed by atoms with Crippen molar-refractivity contribution in [2.45, 2.75) is 31.5 Å². The van der Waals surface area contributed by atoms with Gasteiger partial charge < -0.3 is 4.74 Å². The van der Waals surface area contributed by atoms with Crippen LogP contribution in [0.15, 0.2) is 30.3 Å². The van der Waals surface area contributed by atoms with Crippen molar-refractivity contribution in [3.8, 4) is 0 Å². The minimum absolute atomic E-state index is 0.0793. The molecule has 2 aliphatic rings. The summed E-state index contributed by atoms with van der Waals surface area (Å²) in [5, 5.41) is 0. The van der Waals surface area contributed by atoms with Gasteiger partial charge in [0, 0.05) is 13.0 Å². The van der Waals surface area contributed by atoms with Crippen LogP contribution in [0.2, 0.25) is 0 Å². The fourth-order valence-corrected chi connectivity index (χ4v) is 2.38. The van der Waals surface area contributed by atoms with Gasteiger partial charge in [0.1, 0.15) is 0 Å². The Balaban J connectivity index is 1.56. The Bertz CT molecular complexity index is 471. The van der Waals surface area contributed by atoms with Gasteiger partial charge in [-0.15, -0.1) is 0 Å².